The number of nitrogens with zero attached hydrogens (tertiary/aromatic N) is 4. The summed E-state index contributed by atoms with van der Waals surface area (Å²) in [5.74, 6) is 2.12. The van der Waals surface area contributed by atoms with Crippen LogP contribution in [0.25, 0.3) is 11.7 Å². The Bertz CT molecular complexity index is 1140. The fourth-order valence-electron chi connectivity index (χ4n) is 2.78. The number of ether oxygens (including phenoxy) is 1. The monoisotopic (exact) mass is 423 g/mol. The summed E-state index contributed by atoms with van der Waals surface area (Å²) in [6.45, 7) is 1.63. The Balaban J connectivity index is 1.37. The normalized spacial score (nSPS) is 10.7. The highest BCUT2D eigenvalue weighted by molar-refractivity contribution is 6.32. The maximum atomic E-state index is 9.34. The topological polar surface area (TPSA) is 102 Å². The van der Waals surface area contributed by atoms with E-state index < -0.39 is 0 Å². The second-order valence-corrected chi connectivity index (χ2v) is 6.78. The maximum absolute atomic E-state index is 9.34. The van der Waals surface area contributed by atoms with Gasteiger partial charge in [0.15, 0.2) is 5.76 Å². The van der Waals surface area contributed by atoms with Gasteiger partial charge < -0.3 is 23.5 Å². The zero-order valence-corrected chi connectivity index (χ0v) is 16.7. The summed E-state index contributed by atoms with van der Waals surface area (Å²) in [4.78, 5) is 8.22. The molecule has 0 aliphatic rings. The Kier molecular flexibility index (Phi) is 6.01. The minimum Gasteiger partial charge on any atom is -0.484 e. The van der Waals surface area contributed by atoms with E-state index in [1.165, 1.54) is 0 Å². The molecule has 3 heterocycles. The van der Waals surface area contributed by atoms with E-state index in [1.54, 1.807) is 36.8 Å². The Labute approximate surface area is 177 Å². The number of anilines is 1. The number of hydrogen-bond donors (Lipinski definition) is 1. The Morgan fingerprint density at radius 3 is 2.90 bits per heavy atom. The van der Waals surface area contributed by atoms with Crippen molar-refractivity contribution < 1.29 is 13.6 Å². The van der Waals surface area contributed by atoms with Crippen LogP contribution in [0.5, 0.6) is 5.75 Å². The molecule has 9 heteroatoms. The van der Waals surface area contributed by atoms with Crippen LogP contribution in [0.4, 0.5) is 5.88 Å². The zero-order chi connectivity index (χ0) is 20.8. The molecule has 1 aromatic carbocycles. The number of rotatable bonds is 9. The lowest BCUT2D eigenvalue weighted by Crippen LogP contribution is -2.06. The SMILES string of the molecule is N#Cc1nc(-c2ccc(COc3ccccc3Cl)o2)oc1NCCCn1ccnc1. The molecule has 0 saturated carbocycles. The summed E-state index contributed by atoms with van der Waals surface area (Å²) in [7, 11) is 0. The van der Waals surface area contributed by atoms with Crippen LogP contribution in [0, 0.1) is 11.3 Å². The van der Waals surface area contributed by atoms with Gasteiger partial charge >= 0.3 is 0 Å². The van der Waals surface area contributed by atoms with Gasteiger partial charge in [0.25, 0.3) is 5.89 Å². The van der Waals surface area contributed by atoms with Gasteiger partial charge in [0, 0.05) is 25.5 Å². The lowest BCUT2D eigenvalue weighted by atomic mass is 10.3. The van der Waals surface area contributed by atoms with E-state index in [2.05, 4.69) is 15.3 Å². The van der Waals surface area contributed by atoms with Gasteiger partial charge in [-0.1, -0.05) is 23.7 Å². The maximum Gasteiger partial charge on any atom is 0.266 e. The molecule has 1 N–H and O–H groups in total. The van der Waals surface area contributed by atoms with E-state index in [0.29, 0.717) is 34.7 Å². The standard InChI is InChI=1S/C21H18ClN5O3/c22-16-4-1-2-5-18(16)28-13-15-6-7-19(29-15)21-26-17(12-23)20(30-21)25-8-3-10-27-11-9-24-14-27/h1-2,4-7,9,11,14,25H,3,8,10,13H2. The number of halogens is 1. The molecule has 0 amide bonds. The van der Waals surface area contributed by atoms with Crippen molar-refractivity contribution in [2.24, 2.45) is 0 Å². The van der Waals surface area contributed by atoms with Crippen LogP contribution in [0.1, 0.15) is 17.9 Å². The van der Waals surface area contributed by atoms with Crippen molar-refractivity contribution in [2.45, 2.75) is 19.6 Å². The number of oxazole rings is 1. The molecule has 0 spiro atoms. The third kappa shape index (κ3) is 4.64. The van der Waals surface area contributed by atoms with Gasteiger partial charge in [-0.15, -0.1) is 0 Å². The number of aryl methyl sites for hydroxylation is 1. The third-order valence-electron chi connectivity index (χ3n) is 4.25. The average molecular weight is 424 g/mol. The lowest BCUT2D eigenvalue weighted by molar-refractivity contribution is 0.271. The number of imidazole rings is 1. The quantitative estimate of drug-likeness (QED) is 0.388. The molecule has 0 aliphatic heterocycles. The van der Waals surface area contributed by atoms with E-state index in [1.807, 2.05) is 29.0 Å². The van der Waals surface area contributed by atoms with E-state index in [9.17, 15) is 5.26 Å². The minimum atomic E-state index is 0.179. The number of furan rings is 1. The molecular weight excluding hydrogens is 406 g/mol. The first-order valence-corrected chi connectivity index (χ1v) is 9.67. The largest absolute Gasteiger partial charge is 0.484 e. The molecule has 0 aliphatic carbocycles. The molecule has 4 aromatic rings. The molecular formula is C21H18ClN5O3. The number of aromatic nitrogens is 3. The molecule has 0 saturated heterocycles. The van der Waals surface area contributed by atoms with Gasteiger partial charge in [-0.3, -0.25) is 0 Å². The molecule has 4 rings (SSSR count). The van der Waals surface area contributed by atoms with Crippen LogP contribution in [0.3, 0.4) is 0 Å². The molecule has 0 bridgehead atoms. The van der Waals surface area contributed by atoms with Crippen molar-refractivity contribution in [3.8, 4) is 23.5 Å². The van der Waals surface area contributed by atoms with Gasteiger partial charge in [0.2, 0.25) is 11.6 Å². The fourth-order valence-corrected chi connectivity index (χ4v) is 2.98. The Morgan fingerprint density at radius 1 is 1.20 bits per heavy atom. The van der Waals surface area contributed by atoms with E-state index in [4.69, 9.17) is 25.2 Å². The second kappa shape index (κ2) is 9.20. The van der Waals surface area contributed by atoms with Crippen molar-refractivity contribution in [1.82, 2.24) is 14.5 Å². The predicted octanol–water partition coefficient (Wildman–Crippen LogP) is 4.74. The molecule has 152 valence electrons. The van der Waals surface area contributed by atoms with Crippen molar-refractivity contribution in [1.29, 1.82) is 5.26 Å². The lowest BCUT2D eigenvalue weighted by Gasteiger charge is -2.05. The van der Waals surface area contributed by atoms with Crippen molar-refractivity contribution >= 4 is 17.5 Å². The molecule has 0 fully saturated rings. The highest BCUT2D eigenvalue weighted by atomic mass is 35.5. The first-order chi connectivity index (χ1) is 14.7. The van der Waals surface area contributed by atoms with Gasteiger partial charge in [-0.2, -0.15) is 10.2 Å². The number of nitrogens with one attached hydrogen (secondary N) is 1. The summed E-state index contributed by atoms with van der Waals surface area (Å²) in [5.41, 5.74) is 0.179. The molecule has 0 radical (unpaired) electrons. The Morgan fingerprint density at radius 2 is 2.10 bits per heavy atom. The molecule has 30 heavy (non-hydrogen) atoms. The summed E-state index contributed by atoms with van der Waals surface area (Å²) in [6, 6.07) is 12.7. The zero-order valence-electron chi connectivity index (χ0n) is 15.9. The van der Waals surface area contributed by atoms with Crippen molar-refractivity contribution in [3.05, 3.63) is 71.6 Å². The van der Waals surface area contributed by atoms with Crippen molar-refractivity contribution in [2.75, 3.05) is 11.9 Å². The van der Waals surface area contributed by atoms with E-state index in [0.717, 1.165) is 13.0 Å². The Hall–Kier alpha value is -3.70. The van der Waals surface area contributed by atoms with Gasteiger partial charge in [-0.25, -0.2) is 4.98 Å². The van der Waals surface area contributed by atoms with Gasteiger partial charge in [-0.05, 0) is 30.7 Å². The van der Waals surface area contributed by atoms with Crippen LogP contribution in [-0.2, 0) is 13.2 Å². The fraction of sp³-hybridized carbons (Fsp3) is 0.190. The summed E-state index contributed by atoms with van der Waals surface area (Å²) >= 11 is 6.09. The van der Waals surface area contributed by atoms with Gasteiger partial charge in [0.05, 0.1) is 11.3 Å². The van der Waals surface area contributed by atoms with Crippen molar-refractivity contribution in [3.63, 3.8) is 0 Å². The second-order valence-electron chi connectivity index (χ2n) is 6.37. The summed E-state index contributed by atoms with van der Waals surface area (Å²) < 4.78 is 19.1. The molecule has 3 aromatic heterocycles. The van der Waals surface area contributed by atoms with Crippen LogP contribution in [-0.4, -0.2) is 21.1 Å². The number of para-hydroxylation sites is 1. The van der Waals surface area contributed by atoms with Crippen LogP contribution < -0.4 is 10.1 Å². The van der Waals surface area contributed by atoms with E-state index in [-0.39, 0.29) is 18.2 Å². The molecule has 0 unspecified atom stereocenters. The predicted molar refractivity (Wildman–Crippen MR) is 110 cm³/mol. The number of hydrogen-bond acceptors (Lipinski definition) is 7. The summed E-state index contributed by atoms with van der Waals surface area (Å²) in [6.07, 6.45) is 6.23. The van der Waals surface area contributed by atoms with Crippen LogP contribution >= 0.6 is 11.6 Å². The van der Waals surface area contributed by atoms with Gasteiger partial charge in [0.1, 0.15) is 24.2 Å². The molecule has 8 nitrogen and oxygen atoms in total. The minimum absolute atomic E-state index is 0.179. The van der Waals surface area contributed by atoms with Crippen LogP contribution in [0.15, 0.2) is 64.0 Å². The first kappa shape index (κ1) is 19.6. The number of nitriles is 1. The third-order valence-corrected chi connectivity index (χ3v) is 4.56. The summed E-state index contributed by atoms with van der Waals surface area (Å²) in [5, 5.41) is 13.0. The average Bonchev–Trinajstić information content (AvgIpc) is 3.51. The highest BCUT2D eigenvalue weighted by Gasteiger charge is 2.17. The first-order valence-electron chi connectivity index (χ1n) is 9.30. The van der Waals surface area contributed by atoms with E-state index >= 15 is 0 Å². The molecule has 0 atom stereocenters. The smallest absolute Gasteiger partial charge is 0.266 e. The highest BCUT2D eigenvalue weighted by Crippen LogP contribution is 2.28. The van der Waals surface area contributed by atoms with Crippen LogP contribution in [0.2, 0.25) is 5.02 Å². The number of benzene rings is 1.